The molecule has 2 unspecified atom stereocenters. The second-order valence-corrected chi connectivity index (χ2v) is 15.3. The molecule has 3 N–H and O–H groups in total. The Labute approximate surface area is 346 Å². The second-order valence-electron chi connectivity index (χ2n) is 13.8. The van der Waals surface area contributed by atoms with Gasteiger partial charge in [-0.05, 0) is 89.9 Å². The van der Waals surface area contributed by atoms with Crippen molar-refractivity contribution in [1.29, 1.82) is 0 Å². The molecule has 0 heterocycles. The first-order valence-electron chi connectivity index (χ1n) is 21.7. The summed E-state index contributed by atoms with van der Waals surface area (Å²) in [7, 11) is -4.39. The van der Waals surface area contributed by atoms with Gasteiger partial charge in [0.1, 0.15) is 6.61 Å². The molecule has 0 radical (unpaired) electrons. The third-order valence-electron chi connectivity index (χ3n) is 8.43. The van der Waals surface area contributed by atoms with Crippen molar-refractivity contribution in [2.75, 3.05) is 26.4 Å². The molecule has 0 fully saturated rings. The normalized spacial score (nSPS) is 14.2. The van der Waals surface area contributed by atoms with Crippen molar-refractivity contribution < 1.29 is 37.6 Å². The lowest BCUT2D eigenvalue weighted by atomic mass is 10.1. The van der Waals surface area contributed by atoms with Gasteiger partial charge >= 0.3 is 19.8 Å². The molecule has 0 aliphatic rings. The molecule has 0 bridgehead atoms. The highest BCUT2D eigenvalue weighted by Crippen LogP contribution is 2.43. The van der Waals surface area contributed by atoms with Crippen LogP contribution in [0.4, 0.5) is 0 Å². The Kier molecular flexibility index (Phi) is 40.2. The molecule has 0 aromatic heterocycles. The minimum atomic E-state index is -4.39. The third kappa shape index (κ3) is 42.4. The maximum Gasteiger partial charge on any atom is 0.472 e. The van der Waals surface area contributed by atoms with Crippen LogP contribution in [0.1, 0.15) is 155 Å². The lowest BCUT2D eigenvalue weighted by Gasteiger charge is -2.19. The number of ether oxygens (including phenoxy) is 2. The van der Waals surface area contributed by atoms with Crippen molar-refractivity contribution in [2.45, 2.75) is 161 Å². The van der Waals surface area contributed by atoms with Crippen LogP contribution in [-0.2, 0) is 32.7 Å². The number of hydrogen-bond donors (Lipinski definition) is 2. The van der Waals surface area contributed by atoms with Gasteiger partial charge in [-0.2, -0.15) is 0 Å². The first-order valence-corrected chi connectivity index (χ1v) is 23.2. The molecular weight excluding hydrogens is 737 g/mol. The van der Waals surface area contributed by atoms with E-state index in [-0.39, 0.29) is 32.6 Å². The van der Waals surface area contributed by atoms with Crippen LogP contribution in [0.5, 0.6) is 0 Å². The number of carbonyl (C=O) groups excluding carboxylic acids is 2. The summed E-state index contributed by atoms with van der Waals surface area (Å²) in [5.41, 5.74) is 5.34. The van der Waals surface area contributed by atoms with E-state index < -0.39 is 32.5 Å². The topological polar surface area (TPSA) is 134 Å². The quantitative estimate of drug-likeness (QED) is 0.0269. The number of nitrogens with two attached hydrogens (primary N) is 1. The van der Waals surface area contributed by atoms with Crippen molar-refractivity contribution in [3.8, 4) is 0 Å². The Morgan fingerprint density at radius 3 is 1.44 bits per heavy atom. The maximum atomic E-state index is 12.6. The molecule has 10 heteroatoms. The summed E-state index contributed by atoms with van der Waals surface area (Å²) in [5, 5.41) is 0. The first kappa shape index (κ1) is 53.9. The van der Waals surface area contributed by atoms with Crippen molar-refractivity contribution in [3.63, 3.8) is 0 Å². The standard InChI is InChI=1S/C47H78NO8P/c1-3-5-7-9-11-13-15-17-18-19-20-21-22-23-24-25-26-28-30-32-34-36-38-40-47(50)56-45(44-55-57(51,52)54-42-41-48)43-53-46(49)39-37-35-33-31-29-27-16-14-12-10-8-6-4-2/h5,7-8,10-11,13-14,16-18,20-21,23-24,26,28,45H,3-4,6,9,12,15,19,22,25,27,29-44,48H2,1-2H3,(H,51,52)/b7-5-,10-8-,13-11-,16-14-,18-17-,21-20-,24-23-,28-26-. The van der Waals surface area contributed by atoms with Gasteiger partial charge < -0.3 is 20.1 Å². The molecule has 0 aromatic rings. The molecule has 0 aliphatic heterocycles. The maximum absolute atomic E-state index is 12.6. The number of rotatable bonds is 39. The molecule has 0 saturated carbocycles. The smallest absolute Gasteiger partial charge is 0.462 e. The van der Waals surface area contributed by atoms with Crippen LogP contribution >= 0.6 is 7.82 Å². The number of esters is 2. The number of allylic oxidation sites excluding steroid dienone is 16. The van der Waals surface area contributed by atoms with Gasteiger partial charge in [-0.25, -0.2) is 4.57 Å². The van der Waals surface area contributed by atoms with Gasteiger partial charge in [0.15, 0.2) is 6.10 Å². The van der Waals surface area contributed by atoms with E-state index in [1.54, 1.807) is 0 Å². The van der Waals surface area contributed by atoms with Crippen LogP contribution in [-0.4, -0.2) is 49.3 Å². The van der Waals surface area contributed by atoms with Crippen molar-refractivity contribution in [3.05, 3.63) is 97.2 Å². The van der Waals surface area contributed by atoms with Gasteiger partial charge in [0.25, 0.3) is 0 Å². The van der Waals surface area contributed by atoms with Gasteiger partial charge in [0.2, 0.25) is 0 Å². The molecule has 57 heavy (non-hydrogen) atoms. The highest BCUT2D eigenvalue weighted by Gasteiger charge is 2.26. The number of phosphoric acid groups is 1. The van der Waals surface area contributed by atoms with Crippen LogP contribution in [0.2, 0.25) is 0 Å². The van der Waals surface area contributed by atoms with Crippen molar-refractivity contribution >= 4 is 19.8 Å². The molecule has 0 saturated heterocycles. The molecule has 0 spiro atoms. The van der Waals surface area contributed by atoms with E-state index in [2.05, 4.69) is 111 Å². The van der Waals surface area contributed by atoms with E-state index in [0.717, 1.165) is 109 Å². The molecule has 9 nitrogen and oxygen atoms in total. The zero-order valence-electron chi connectivity index (χ0n) is 35.5. The van der Waals surface area contributed by atoms with E-state index in [1.165, 1.54) is 6.42 Å². The van der Waals surface area contributed by atoms with Gasteiger partial charge in [0, 0.05) is 19.4 Å². The van der Waals surface area contributed by atoms with Gasteiger partial charge in [0.05, 0.1) is 13.2 Å². The van der Waals surface area contributed by atoms with E-state index in [9.17, 15) is 19.0 Å². The fraction of sp³-hybridized carbons (Fsp3) is 0.617. The second kappa shape index (κ2) is 42.5. The average Bonchev–Trinajstić information content (AvgIpc) is 3.20. The van der Waals surface area contributed by atoms with Crippen LogP contribution in [0, 0.1) is 0 Å². The molecule has 0 aliphatic carbocycles. The Balaban J connectivity index is 4.24. The van der Waals surface area contributed by atoms with Gasteiger partial charge in [-0.3, -0.25) is 18.6 Å². The molecule has 324 valence electrons. The average molecular weight is 816 g/mol. The first-order chi connectivity index (χ1) is 27.8. The predicted octanol–water partition coefficient (Wildman–Crippen LogP) is 12.6. The summed E-state index contributed by atoms with van der Waals surface area (Å²) < 4.78 is 32.7. The highest BCUT2D eigenvalue weighted by atomic mass is 31.2. The lowest BCUT2D eigenvalue weighted by Crippen LogP contribution is -2.29. The molecule has 0 rings (SSSR count). The van der Waals surface area contributed by atoms with E-state index in [1.807, 2.05) is 0 Å². The lowest BCUT2D eigenvalue weighted by molar-refractivity contribution is -0.161. The zero-order valence-corrected chi connectivity index (χ0v) is 36.4. The summed E-state index contributed by atoms with van der Waals surface area (Å²) in [6.07, 6.45) is 54.4. The monoisotopic (exact) mass is 816 g/mol. The van der Waals surface area contributed by atoms with Gasteiger partial charge in [-0.15, -0.1) is 0 Å². The Hall–Kier alpha value is -3.07. The van der Waals surface area contributed by atoms with Crippen LogP contribution in [0.15, 0.2) is 97.2 Å². The zero-order chi connectivity index (χ0) is 41.8. The van der Waals surface area contributed by atoms with Crippen LogP contribution < -0.4 is 5.73 Å². The number of unbranched alkanes of at least 4 members (excludes halogenated alkanes) is 10. The summed E-state index contributed by atoms with van der Waals surface area (Å²) >= 11 is 0. The fourth-order valence-electron chi connectivity index (χ4n) is 5.26. The Morgan fingerprint density at radius 1 is 0.544 bits per heavy atom. The summed E-state index contributed by atoms with van der Waals surface area (Å²) in [4.78, 5) is 34.8. The number of carbonyl (C=O) groups is 2. The van der Waals surface area contributed by atoms with Crippen LogP contribution in [0.3, 0.4) is 0 Å². The van der Waals surface area contributed by atoms with Crippen LogP contribution in [0.25, 0.3) is 0 Å². The Morgan fingerprint density at radius 2 is 0.965 bits per heavy atom. The van der Waals surface area contributed by atoms with Crippen molar-refractivity contribution in [2.24, 2.45) is 5.73 Å². The SMILES string of the molecule is CC/C=C\C/C=C\C/C=C\C/C=C\C/C=C\C/C=C\CCCCCCC(=O)OC(COC(=O)CCCCCCC/C=C\C/C=C\CCC)COP(=O)(O)OCCN. The predicted molar refractivity (Wildman–Crippen MR) is 238 cm³/mol. The molecule has 0 aromatic carbocycles. The minimum absolute atomic E-state index is 0.0411. The molecular formula is C47H78NO8P. The van der Waals surface area contributed by atoms with E-state index in [4.69, 9.17) is 24.3 Å². The van der Waals surface area contributed by atoms with E-state index >= 15 is 0 Å². The fourth-order valence-corrected chi connectivity index (χ4v) is 6.03. The number of phosphoric ester groups is 1. The number of hydrogen-bond acceptors (Lipinski definition) is 8. The van der Waals surface area contributed by atoms with Gasteiger partial charge in [-0.1, -0.05) is 150 Å². The minimum Gasteiger partial charge on any atom is -0.462 e. The highest BCUT2D eigenvalue weighted by molar-refractivity contribution is 7.47. The largest absolute Gasteiger partial charge is 0.472 e. The summed E-state index contributed by atoms with van der Waals surface area (Å²) in [6, 6.07) is 0. The van der Waals surface area contributed by atoms with E-state index in [0.29, 0.717) is 12.8 Å². The molecule has 0 amide bonds. The van der Waals surface area contributed by atoms with Crippen molar-refractivity contribution in [1.82, 2.24) is 0 Å². The molecule has 2 atom stereocenters. The summed E-state index contributed by atoms with van der Waals surface area (Å²) in [6.45, 7) is 3.48. The summed E-state index contributed by atoms with van der Waals surface area (Å²) in [5.74, 6) is -0.886. The third-order valence-corrected chi connectivity index (χ3v) is 9.42. The Bertz CT molecular complexity index is 1250.